The van der Waals surface area contributed by atoms with Gasteiger partial charge in [0.05, 0.1) is 17.8 Å². The molecule has 0 saturated carbocycles. The lowest BCUT2D eigenvalue weighted by molar-refractivity contribution is 0.0702. The Balaban J connectivity index is 2.31. The SMILES string of the molecule is CC(=O)c1c(C)nn(Cc2ccc(C(=O)O)s2)c1C. The molecule has 100 valence electrons. The van der Waals surface area contributed by atoms with E-state index in [4.69, 9.17) is 5.11 Å². The number of aryl methyl sites for hydroxylation is 1. The summed E-state index contributed by atoms with van der Waals surface area (Å²) in [5, 5.41) is 13.2. The average molecular weight is 278 g/mol. The maximum Gasteiger partial charge on any atom is 0.345 e. The molecule has 0 aliphatic rings. The first-order valence-corrected chi connectivity index (χ1v) is 6.58. The standard InChI is InChI=1S/C13H14N2O3S/c1-7-12(9(3)16)8(2)15(14-7)6-10-4-5-11(19-10)13(17)18/h4-5H,6H2,1-3H3,(H,17,18). The lowest BCUT2D eigenvalue weighted by atomic mass is 10.1. The normalized spacial score (nSPS) is 10.7. The van der Waals surface area contributed by atoms with Gasteiger partial charge in [0.25, 0.3) is 0 Å². The molecule has 1 N–H and O–H groups in total. The molecule has 2 aromatic rings. The van der Waals surface area contributed by atoms with E-state index in [2.05, 4.69) is 5.10 Å². The Labute approximate surface area is 114 Å². The summed E-state index contributed by atoms with van der Waals surface area (Å²) in [5.74, 6) is -0.923. The Morgan fingerprint density at radius 1 is 1.37 bits per heavy atom. The molecule has 0 fully saturated rings. The second-order valence-electron chi connectivity index (χ2n) is 4.33. The second-order valence-corrected chi connectivity index (χ2v) is 5.50. The molecule has 0 radical (unpaired) electrons. The summed E-state index contributed by atoms with van der Waals surface area (Å²) in [6, 6.07) is 3.36. The molecule has 6 heteroatoms. The minimum atomic E-state index is -0.922. The van der Waals surface area contributed by atoms with Gasteiger partial charge in [-0.2, -0.15) is 5.10 Å². The van der Waals surface area contributed by atoms with E-state index < -0.39 is 5.97 Å². The summed E-state index contributed by atoms with van der Waals surface area (Å²) >= 11 is 1.22. The summed E-state index contributed by atoms with van der Waals surface area (Å²) in [6.45, 7) is 5.66. The molecule has 5 nitrogen and oxygen atoms in total. The monoisotopic (exact) mass is 278 g/mol. The fourth-order valence-electron chi connectivity index (χ4n) is 2.09. The van der Waals surface area contributed by atoms with Gasteiger partial charge in [0.2, 0.25) is 0 Å². The van der Waals surface area contributed by atoms with Crippen molar-refractivity contribution in [1.82, 2.24) is 9.78 Å². The Bertz CT molecular complexity index is 655. The first-order valence-electron chi connectivity index (χ1n) is 5.77. The van der Waals surface area contributed by atoms with Crippen LogP contribution >= 0.6 is 11.3 Å². The summed E-state index contributed by atoms with van der Waals surface area (Å²) in [5.41, 5.74) is 2.17. The Morgan fingerprint density at radius 3 is 2.53 bits per heavy atom. The lowest BCUT2D eigenvalue weighted by Gasteiger charge is -2.02. The van der Waals surface area contributed by atoms with Gasteiger partial charge in [0.1, 0.15) is 4.88 Å². The van der Waals surface area contributed by atoms with Gasteiger partial charge >= 0.3 is 5.97 Å². The quantitative estimate of drug-likeness (QED) is 0.872. The van der Waals surface area contributed by atoms with Gasteiger partial charge in [0, 0.05) is 10.6 Å². The van der Waals surface area contributed by atoms with Crippen LogP contribution in [0.4, 0.5) is 0 Å². The number of rotatable bonds is 4. The third kappa shape index (κ3) is 2.58. The van der Waals surface area contributed by atoms with Crippen molar-refractivity contribution < 1.29 is 14.7 Å². The van der Waals surface area contributed by atoms with Gasteiger partial charge in [-0.1, -0.05) is 0 Å². The zero-order chi connectivity index (χ0) is 14.2. The van der Waals surface area contributed by atoms with Gasteiger partial charge < -0.3 is 5.11 Å². The number of carbonyl (C=O) groups is 2. The number of hydrogen-bond acceptors (Lipinski definition) is 4. The molecular formula is C13H14N2O3S. The van der Waals surface area contributed by atoms with E-state index in [0.717, 1.165) is 10.6 Å². The first-order chi connectivity index (χ1) is 8.90. The van der Waals surface area contributed by atoms with Crippen molar-refractivity contribution in [3.63, 3.8) is 0 Å². The number of carboxylic acids is 1. The van der Waals surface area contributed by atoms with Gasteiger partial charge in [0.15, 0.2) is 5.78 Å². The third-order valence-corrected chi connectivity index (χ3v) is 3.97. The fraction of sp³-hybridized carbons (Fsp3) is 0.308. The summed E-state index contributed by atoms with van der Waals surface area (Å²) in [7, 11) is 0. The zero-order valence-corrected chi connectivity index (χ0v) is 11.7. The first kappa shape index (κ1) is 13.5. The number of aromatic carboxylic acids is 1. The van der Waals surface area contributed by atoms with Crippen molar-refractivity contribution in [2.24, 2.45) is 0 Å². The van der Waals surface area contributed by atoms with Crippen molar-refractivity contribution >= 4 is 23.1 Å². The number of carbonyl (C=O) groups excluding carboxylic acids is 1. The van der Waals surface area contributed by atoms with Crippen LogP contribution in [0.5, 0.6) is 0 Å². The summed E-state index contributed by atoms with van der Waals surface area (Å²) in [6.07, 6.45) is 0. The lowest BCUT2D eigenvalue weighted by Crippen LogP contribution is -2.04. The number of aromatic nitrogens is 2. The van der Waals surface area contributed by atoms with Crippen LogP contribution in [0, 0.1) is 13.8 Å². The van der Waals surface area contributed by atoms with E-state index >= 15 is 0 Å². The molecule has 0 bridgehead atoms. The van der Waals surface area contributed by atoms with E-state index in [0.29, 0.717) is 22.7 Å². The molecule has 2 heterocycles. The molecule has 2 rings (SSSR count). The largest absolute Gasteiger partial charge is 0.477 e. The van der Waals surface area contributed by atoms with Crippen molar-refractivity contribution in [3.8, 4) is 0 Å². The van der Waals surface area contributed by atoms with E-state index in [9.17, 15) is 9.59 Å². The topological polar surface area (TPSA) is 72.2 Å². The van der Waals surface area contributed by atoms with Gasteiger partial charge in [-0.25, -0.2) is 4.79 Å². The summed E-state index contributed by atoms with van der Waals surface area (Å²) in [4.78, 5) is 23.6. The number of carboxylic acid groups (broad SMARTS) is 1. The Hall–Kier alpha value is -1.95. The van der Waals surface area contributed by atoms with Crippen LogP contribution in [0.15, 0.2) is 12.1 Å². The van der Waals surface area contributed by atoms with E-state index in [1.54, 1.807) is 23.7 Å². The molecular weight excluding hydrogens is 264 g/mol. The minimum absolute atomic E-state index is 0.00125. The van der Waals surface area contributed by atoms with Crippen LogP contribution in [-0.4, -0.2) is 26.6 Å². The Morgan fingerprint density at radius 2 is 2.05 bits per heavy atom. The number of thiophene rings is 1. The van der Waals surface area contributed by atoms with E-state index in [-0.39, 0.29) is 5.78 Å². The molecule has 0 aliphatic carbocycles. The Kier molecular flexibility index (Phi) is 3.53. The molecule has 2 aromatic heterocycles. The predicted molar refractivity (Wildman–Crippen MR) is 72.1 cm³/mol. The van der Waals surface area contributed by atoms with Gasteiger partial charge in [-0.05, 0) is 32.9 Å². The molecule has 0 spiro atoms. The highest BCUT2D eigenvalue weighted by molar-refractivity contribution is 7.13. The average Bonchev–Trinajstić information content (AvgIpc) is 2.85. The second kappa shape index (κ2) is 4.97. The molecule has 19 heavy (non-hydrogen) atoms. The smallest absolute Gasteiger partial charge is 0.345 e. The van der Waals surface area contributed by atoms with Gasteiger partial charge in [-0.3, -0.25) is 9.48 Å². The van der Waals surface area contributed by atoms with E-state index in [1.807, 2.05) is 6.92 Å². The third-order valence-electron chi connectivity index (χ3n) is 2.91. The molecule has 0 aliphatic heterocycles. The maximum atomic E-state index is 11.5. The highest BCUT2D eigenvalue weighted by atomic mass is 32.1. The highest BCUT2D eigenvalue weighted by Gasteiger charge is 2.16. The van der Waals surface area contributed by atoms with E-state index in [1.165, 1.54) is 18.3 Å². The van der Waals surface area contributed by atoms with Crippen molar-refractivity contribution in [1.29, 1.82) is 0 Å². The molecule has 0 saturated heterocycles. The van der Waals surface area contributed by atoms with Crippen molar-refractivity contribution in [2.45, 2.75) is 27.3 Å². The van der Waals surface area contributed by atoms with Crippen molar-refractivity contribution in [3.05, 3.63) is 38.8 Å². The van der Waals surface area contributed by atoms with Crippen LogP contribution < -0.4 is 0 Å². The predicted octanol–water partition coefficient (Wildman–Crippen LogP) is 2.51. The number of hydrogen-bond donors (Lipinski definition) is 1. The molecule has 0 atom stereocenters. The van der Waals surface area contributed by atoms with Crippen LogP contribution in [0.1, 0.15) is 43.2 Å². The number of Topliss-reactive ketones (excluding diaryl/α,β-unsaturated/α-hetero) is 1. The zero-order valence-electron chi connectivity index (χ0n) is 10.9. The fourth-order valence-corrected chi connectivity index (χ4v) is 2.91. The van der Waals surface area contributed by atoms with Crippen LogP contribution in [0.3, 0.4) is 0 Å². The van der Waals surface area contributed by atoms with Crippen molar-refractivity contribution in [2.75, 3.05) is 0 Å². The minimum Gasteiger partial charge on any atom is -0.477 e. The van der Waals surface area contributed by atoms with Crippen LogP contribution in [0.2, 0.25) is 0 Å². The highest BCUT2D eigenvalue weighted by Crippen LogP contribution is 2.20. The molecule has 0 aromatic carbocycles. The van der Waals surface area contributed by atoms with Gasteiger partial charge in [-0.15, -0.1) is 11.3 Å². The molecule has 0 amide bonds. The number of nitrogens with zero attached hydrogens (tertiary/aromatic N) is 2. The maximum absolute atomic E-state index is 11.5. The number of ketones is 1. The van der Waals surface area contributed by atoms with Crippen LogP contribution in [0.25, 0.3) is 0 Å². The molecule has 0 unspecified atom stereocenters. The van der Waals surface area contributed by atoms with Crippen LogP contribution in [-0.2, 0) is 6.54 Å². The summed E-state index contributed by atoms with van der Waals surface area (Å²) < 4.78 is 1.74.